The van der Waals surface area contributed by atoms with Crippen LogP contribution in [-0.4, -0.2) is 18.2 Å². The molecule has 4 heteroatoms. The van der Waals surface area contributed by atoms with Crippen molar-refractivity contribution in [1.82, 2.24) is 0 Å². The van der Waals surface area contributed by atoms with Gasteiger partial charge in [-0.05, 0) is 37.0 Å². The first-order chi connectivity index (χ1) is 9.77. The number of nitrogens with zero attached hydrogens (tertiary/aromatic N) is 1. The highest BCUT2D eigenvalue weighted by molar-refractivity contribution is 9.10. The van der Waals surface area contributed by atoms with Crippen LogP contribution in [-0.2, 0) is 11.2 Å². The number of ketones is 1. The van der Waals surface area contributed by atoms with Crippen molar-refractivity contribution >= 4 is 33.3 Å². The molecule has 1 aliphatic rings. The van der Waals surface area contributed by atoms with Crippen molar-refractivity contribution < 1.29 is 9.59 Å². The van der Waals surface area contributed by atoms with Crippen LogP contribution in [0.25, 0.3) is 0 Å². The van der Waals surface area contributed by atoms with E-state index in [2.05, 4.69) is 15.9 Å². The molecule has 0 saturated heterocycles. The normalized spacial score (nSPS) is 14.8. The van der Waals surface area contributed by atoms with Crippen LogP contribution in [0.4, 0.5) is 5.69 Å². The van der Waals surface area contributed by atoms with Gasteiger partial charge in [-0.15, -0.1) is 0 Å². The Balaban J connectivity index is 2.53. The van der Waals surface area contributed by atoms with Gasteiger partial charge >= 0.3 is 0 Å². The highest BCUT2D eigenvalue weighted by Gasteiger charge is 2.30. The highest BCUT2D eigenvalue weighted by atomic mass is 79.9. The van der Waals surface area contributed by atoms with E-state index in [0.717, 1.165) is 41.5 Å². The van der Waals surface area contributed by atoms with Crippen molar-refractivity contribution in [3.8, 4) is 0 Å². The van der Waals surface area contributed by atoms with Crippen molar-refractivity contribution in [3.63, 3.8) is 0 Å². The number of carbonyl (C=O) groups excluding carboxylic acids is 2. The molecule has 2 rings (SSSR count). The van der Waals surface area contributed by atoms with Gasteiger partial charge in [0.2, 0.25) is 5.91 Å². The lowest BCUT2D eigenvalue weighted by molar-refractivity contribution is -0.116. The standard InChI is InChI=1S/C17H22BrNO2/c1-5-17(3,4)16(21)13-10-15-12(9-14(13)18)7-6-8-19(15)11(2)20/h9-10H,5-8H2,1-4H3. The third-order valence-corrected chi connectivity index (χ3v) is 5.07. The molecule has 0 radical (unpaired) electrons. The first-order valence-corrected chi connectivity index (χ1v) is 8.22. The molecule has 0 aromatic heterocycles. The van der Waals surface area contributed by atoms with Crippen LogP contribution in [0.5, 0.6) is 0 Å². The van der Waals surface area contributed by atoms with Gasteiger partial charge in [0, 0.05) is 34.6 Å². The zero-order chi connectivity index (χ0) is 15.8. The summed E-state index contributed by atoms with van der Waals surface area (Å²) >= 11 is 3.53. The Kier molecular flexibility index (Phi) is 4.57. The molecule has 0 unspecified atom stereocenters. The number of benzene rings is 1. The van der Waals surface area contributed by atoms with Crippen molar-refractivity contribution in [2.24, 2.45) is 5.41 Å². The van der Waals surface area contributed by atoms with Gasteiger partial charge in [0.05, 0.1) is 0 Å². The fraction of sp³-hybridized carbons (Fsp3) is 0.529. The molecule has 0 bridgehead atoms. The monoisotopic (exact) mass is 351 g/mol. The SMILES string of the molecule is CCC(C)(C)C(=O)c1cc2c(cc1Br)CCCN2C(C)=O. The number of halogens is 1. The summed E-state index contributed by atoms with van der Waals surface area (Å²) in [6, 6.07) is 3.89. The molecule has 114 valence electrons. The maximum Gasteiger partial charge on any atom is 0.223 e. The number of aryl methyl sites for hydroxylation is 1. The van der Waals surface area contributed by atoms with E-state index in [-0.39, 0.29) is 11.7 Å². The summed E-state index contributed by atoms with van der Waals surface area (Å²) in [5.74, 6) is 0.153. The van der Waals surface area contributed by atoms with Crippen molar-refractivity contribution in [3.05, 3.63) is 27.7 Å². The van der Waals surface area contributed by atoms with Crippen molar-refractivity contribution in [2.45, 2.75) is 47.0 Å². The number of amides is 1. The lowest BCUT2D eigenvalue weighted by Crippen LogP contribution is -2.34. The van der Waals surface area contributed by atoms with Crippen molar-refractivity contribution in [2.75, 3.05) is 11.4 Å². The zero-order valence-corrected chi connectivity index (χ0v) is 14.7. The Labute approximate surface area is 134 Å². The lowest BCUT2D eigenvalue weighted by Gasteiger charge is -2.30. The summed E-state index contributed by atoms with van der Waals surface area (Å²) in [6.07, 6.45) is 2.70. The number of rotatable bonds is 3. The van der Waals surface area contributed by atoms with Crippen LogP contribution in [0.3, 0.4) is 0 Å². The molecule has 1 aromatic rings. The quantitative estimate of drug-likeness (QED) is 0.758. The summed E-state index contributed by atoms with van der Waals surface area (Å²) in [6.45, 7) is 8.25. The van der Waals surface area contributed by atoms with E-state index >= 15 is 0 Å². The van der Waals surface area contributed by atoms with Gasteiger partial charge in [-0.1, -0.05) is 36.7 Å². The minimum Gasteiger partial charge on any atom is -0.312 e. The average molecular weight is 352 g/mol. The zero-order valence-electron chi connectivity index (χ0n) is 13.1. The third kappa shape index (κ3) is 3.05. The summed E-state index contributed by atoms with van der Waals surface area (Å²) in [4.78, 5) is 26.3. The Hall–Kier alpha value is -1.16. The molecule has 1 amide bonds. The van der Waals surface area contributed by atoms with E-state index in [1.165, 1.54) is 0 Å². The molecular formula is C17H22BrNO2. The predicted octanol–water partition coefficient (Wildman–Crippen LogP) is 4.37. The van der Waals surface area contributed by atoms with Crippen LogP contribution >= 0.6 is 15.9 Å². The molecule has 0 fully saturated rings. The molecule has 0 atom stereocenters. The van der Waals surface area contributed by atoms with Gasteiger partial charge in [-0.25, -0.2) is 0 Å². The summed E-state index contributed by atoms with van der Waals surface area (Å²) in [7, 11) is 0. The van der Waals surface area contributed by atoms with E-state index in [1.54, 1.807) is 11.8 Å². The third-order valence-electron chi connectivity index (χ3n) is 4.41. The van der Waals surface area contributed by atoms with E-state index in [0.29, 0.717) is 5.56 Å². The Morgan fingerprint density at radius 2 is 2.00 bits per heavy atom. The number of hydrogen-bond donors (Lipinski definition) is 0. The highest BCUT2D eigenvalue weighted by Crippen LogP contribution is 2.36. The number of carbonyl (C=O) groups is 2. The van der Waals surface area contributed by atoms with Crippen LogP contribution in [0.2, 0.25) is 0 Å². The molecule has 0 spiro atoms. The molecule has 0 aliphatic carbocycles. The Morgan fingerprint density at radius 3 is 2.57 bits per heavy atom. The Morgan fingerprint density at radius 1 is 1.33 bits per heavy atom. The van der Waals surface area contributed by atoms with Gasteiger partial charge < -0.3 is 4.90 Å². The van der Waals surface area contributed by atoms with Gasteiger partial charge in [0.15, 0.2) is 5.78 Å². The molecular weight excluding hydrogens is 330 g/mol. The van der Waals surface area contributed by atoms with Crippen LogP contribution in [0.1, 0.15) is 56.5 Å². The molecule has 21 heavy (non-hydrogen) atoms. The van der Waals surface area contributed by atoms with Crippen LogP contribution in [0.15, 0.2) is 16.6 Å². The smallest absolute Gasteiger partial charge is 0.223 e. The minimum atomic E-state index is -0.396. The topological polar surface area (TPSA) is 37.4 Å². The molecule has 1 heterocycles. The predicted molar refractivity (Wildman–Crippen MR) is 88.9 cm³/mol. The molecule has 1 aliphatic heterocycles. The maximum absolute atomic E-state index is 12.7. The van der Waals surface area contributed by atoms with E-state index in [4.69, 9.17) is 0 Å². The van der Waals surface area contributed by atoms with Gasteiger partial charge in [-0.3, -0.25) is 9.59 Å². The molecule has 1 aromatic carbocycles. The molecule has 0 saturated carbocycles. The number of hydrogen-bond acceptors (Lipinski definition) is 2. The van der Waals surface area contributed by atoms with E-state index in [1.807, 2.05) is 32.9 Å². The average Bonchev–Trinajstić information content (AvgIpc) is 2.44. The number of Topliss-reactive ketones (excluding diaryl/α,β-unsaturated/α-hetero) is 1. The summed E-state index contributed by atoms with van der Waals surface area (Å²) in [5, 5.41) is 0. The van der Waals surface area contributed by atoms with E-state index in [9.17, 15) is 9.59 Å². The Bertz CT molecular complexity index is 593. The van der Waals surface area contributed by atoms with Crippen molar-refractivity contribution in [1.29, 1.82) is 0 Å². The summed E-state index contributed by atoms with van der Waals surface area (Å²) < 4.78 is 0.832. The first kappa shape index (κ1) is 16.2. The molecule has 0 N–H and O–H groups in total. The lowest BCUT2D eigenvalue weighted by atomic mass is 9.81. The molecule has 3 nitrogen and oxygen atoms in total. The second-order valence-corrected chi connectivity index (χ2v) is 7.16. The van der Waals surface area contributed by atoms with Gasteiger partial charge in [0.25, 0.3) is 0 Å². The maximum atomic E-state index is 12.7. The van der Waals surface area contributed by atoms with Crippen LogP contribution in [0, 0.1) is 5.41 Å². The minimum absolute atomic E-state index is 0.0337. The van der Waals surface area contributed by atoms with E-state index < -0.39 is 5.41 Å². The largest absolute Gasteiger partial charge is 0.312 e. The number of anilines is 1. The van der Waals surface area contributed by atoms with Gasteiger partial charge in [0.1, 0.15) is 0 Å². The fourth-order valence-electron chi connectivity index (χ4n) is 2.63. The first-order valence-electron chi connectivity index (χ1n) is 7.43. The summed E-state index contributed by atoms with van der Waals surface area (Å²) in [5.41, 5.74) is 2.31. The van der Waals surface area contributed by atoms with Gasteiger partial charge in [-0.2, -0.15) is 0 Å². The fourth-order valence-corrected chi connectivity index (χ4v) is 3.20. The van der Waals surface area contributed by atoms with Crippen LogP contribution < -0.4 is 4.90 Å². The number of fused-ring (bicyclic) bond motifs is 1. The second kappa shape index (κ2) is 5.91. The second-order valence-electron chi connectivity index (χ2n) is 6.30.